The van der Waals surface area contributed by atoms with Gasteiger partial charge in [-0.15, -0.1) is 0 Å². The molecule has 3 rings (SSSR count). The average Bonchev–Trinajstić information content (AvgIpc) is 2.90. The summed E-state index contributed by atoms with van der Waals surface area (Å²) in [6, 6.07) is 10.1. The molecule has 18 heavy (non-hydrogen) atoms. The number of nitrogens with one attached hydrogen (secondary N) is 1. The fourth-order valence-electron chi connectivity index (χ4n) is 1.85. The number of benzene rings is 1. The predicted molar refractivity (Wildman–Crippen MR) is 67.2 cm³/mol. The first-order valence-corrected chi connectivity index (χ1v) is 5.54. The molecule has 0 aliphatic heterocycles. The Hall–Kier alpha value is -2.49. The van der Waals surface area contributed by atoms with Crippen molar-refractivity contribution in [3.63, 3.8) is 0 Å². The third-order valence-electron chi connectivity index (χ3n) is 2.71. The van der Waals surface area contributed by atoms with Crippen LogP contribution in [0.5, 0.6) is 0 Å². The Kier molecular flexibility index (Phi) is 2.61. The maximum absolute atomic E-state index is 12.9. The van der Waals surface area contributed by atoms with Crippen molar-refractivity contribution in [1.29, 1.82) is 0 Å². The topological polar surface area (TPSA) is 41.6 Å². The summed E-state index contributed by atoms with van der Waals surface area (Å²) in [6.45, 7) is 0. The molecule has 0 bridgehead atoms. The van der Waals surface area contributed by atoms with Crippen molar-refractivity contribution in [2.45, 2.75) is 0 Å². The summed E-state index contributed by atoms with van der Waals surface area (Å²) < 4.78 is 12.9. The van der Waals surface area contributed by atoms with Gasteiger partial charge in [0.2, 0.25) is 0 Å². The van der Waals surface area contributed by atoms with E-state index >= 15 is 0 Å². The first kappa shape index (κ1) is 10.7. The molecule has 2 heterocycles. The minimum absolute atomic E-state index is 0.253. The maximum Gasteiger partial charge on any atom is 0.123 e. The number of halogens is 1. The van der Waals surface area contributed by atoms with Crippen molar-refractivity contribution in [3.8, 4) is 22.5 Å². The van der Waals surface area contributed by atoms with E-state index in [1.165, 1.54) is 12.1 Å². The molecule has 0 spiro atoms. The molecule has 2 aromatic heterocycles. The summed E-state index contributed by atoms with van der Waals surface area (Å²) in [4.78, 5) is 11.5. The van der Waals surface area contributed by atoms with E-state index in [4.69, 9.17) is 0 Å². The zero-order valence-corrected chi connectivity index (χ0v) is 9.47. The summed E-state index contributed by atoms with van der Waals surface area (Å²) >= 11 is 0. The van der Waals surface area contributed by atoms with Crippen LogP contribution in [0.3, 0.4) is 0 Å². The van der Waals surface area contributed by atoms with Gasteiger partial charge in [0.25, 0.3) is 0 Å². The molecule has 0 atom stereocenters. The quantitative estimate of drug-likeness (QED) is 0.745. The zero-order valence-electron chi connectivity index (χ0n) is 9.47. The van der Waals surface area contributed by atoms with Crippen LogP contribution in [0.25, 0.3) is 22.5 Å². The Labute approximate surface area is 103 Å². The van der Waals surface area contributed by atoms with Crippen molar-refractivity contribution >= 4 is 0 Å². The van der Waals surface area contributed by atoms with Gasteiger partial charge < -0.3 is 4.98 Å². The van der Waals surface area contributed by atoms with E-state index in [1.807, 2.05) is 12.1 Å². The maximum atomic E-state index is 12.9. The van der Waals surface area contributed by atoms with Crippen molar-refractivity contribution in [2.24, 2.45) is 0 Å². The van der Waals surface area contributed by atoms with Gasteiger partial charge in [0, 0.05) is 23.5 Å². The van der Waals surface area contributed by atoms with Gasteiger partial charge in [0.05, 0.1) is 17.7 Å². The molecule has 0 unspecified atom stereocenters. The number of aromatic nitrogens is 3. The molecule has 0 saturated carbocycles. The lowest BCUT2D eigenvalue weighted by Gasteiger charge is -2.02. The lowest BCUT2D eigenvalue weighted by molar-refractivity contribution is 0.628. The number of imidazole rings is 1. The number of H-pyrrole nitrogens is 1. The van der Waals surface area contributed by atoms with E-state index in [9.17, 15) is 4.39 Å². The Bertz CT molecular complexity index is 644. The van der Waals surface area contributed by atoms with Gasteiger partial charge in [-0.2, -0.15) is 0 Å². The highest BCUT2D eigenvalue weighted by Gasteiger charge is 2.10. The largest absolute Gasteiger partial charge is 0.344 e. The number of pyridine rings is 1. The summed E-state index contributed by atoms with van der Waals surface area (Å²) in [5.74, 6) is -0.253. The highest BCUT2D eigenvalue weighted by Crippen LogP contribution is 2.28. The van der Waals surface area contributed by atoms with E-state index in [-0.39, 0.29) is 5.82 Å². The van der Waals surface area contributed by atoms with Gasteiger partial charge >= 0.3 is 0 Å². The van der Waals surface area contributed by atoms with Crippen molar-refractivity contribution < 1.29 is 4.39 Å². The second-order valence-electron chi connectivity index (χ2n) is 3.87. The minimum Gasteiger partial charge on any atom is -0.344 e. The molecule has 3 nitrogen and oxygen atoms in total. The lowest BCUT2D eigenvalue weighted by atomic mass is 10.1. The zero-order chi connectivity index (χ0) is 12.4. The lowest BCUT2D eigenvalue weighted by Crippen LogP contribution is -1.85. The van der Waals surface area contributed by atoms with Crippen LogP contribution in [0.2, 0.25) is 0 Å². The molecule has 0 amide bonds. The van der Waals surface area contributed by atoms with Crippen LogP contribution < -0.4 is 0 Å². The molecular weight excluding hydrogens is 229 g/mol. The van der Waals surface area contributed by atoms with Gasteiger partial charge in [-0.1, -0.05) is 0 Å². The van der Waals surface area contributed by atoms with E-state index in [1.54, 1.807) is 30.9 Å². The monoisotopic (exact) mass is 239 g/mol. The molecule has 0 radical (unpaired) electrons. The highest BCUT2D eigenvalue weighted by molar-refractivity contribution is 5.77. The first-order valence-electron chi connectivity index (χ1n) is 5.54. The molecule has 1 N–H and O–H groups in total. The Morgan fingerprint density at radius 2 is 1.83 bits per heavy atom. The Morgan fingerprint density at radius 1 is 1.00 bits per heavy atom. The number of nitrogens with zero attached hydrogens (tertiary/aromatic N) is 2. The fourth-order valence-corrected chi connectivity index (χ4v) is 1.85. The van der Waals surface area contributed by atoms with Crippen LogP contribution in [-0.2, 0) is 0 Å². The van der Waals surface area contributed by atoms with Gasteiger partial charge in [-0.3, -0.25) is 4.98 Å². The number of hydrogen-bond acceptors (Lipinski definition) is 2. The standard InChI is InChI=1S/C14H10FN3/c15-12-5-3-10(4-6-12)13-14(18-9-17-13)11-2-1-7-16-8-11/h1-9H,(H,17,18). The second kappa shape index (κ2) is 4.41. The summed E-state index contributed by atoms with van der Waals surface area (Å²) in [5, 5.41) is 0. The summed E-state index contributed by atoms with van der Waals surface area (Å²) in [5.41, 5.74) is 3.50. The van der Waals surface area contributed by atoms with Crippen LogP contribution in [0, 0.1) is 5.82 Å². The molecule has 88 valence electrons. The third kappa shape index (κ3) is 1.88. The highest BCUT2D eigenvalue weighted by atomic mass is 19.1. The second-order valence-corrected chi connectivity index (χ2v) is 3.87. The van der Waals surface area contributed by atoms with Crippen LogP contribution in [-0.4, -0.2) is 15.0 Å². The van der Waals surface area contributed by atoms with Crippen molar-refractivity contribution in [2.75, 3.05) is 0 Å². The third-order valence-corrected chi connectivity index (χ3v) is 2.71. The fraction of sp³-hybridized carbons (Fsp3) is 0. The Balaban J connectivity index is 2.10. The number of rotatable bonds is 2. The van der Waals surface area contributed by atoms with E-state index in [2.05, 4.69) is 15.0 Å². The van der Waals surface area contributed by atoms with Gasteiger partial charge in [-0.05, 0) is 36.4 Å². The van der Waals surface area contributed by atoms with E-state index < -0.39 is 0 Å². The van der Waals surface area contributed by atoms with Crippen LogP contribution in [0.15, 0.2) is 55.1 Å². The van der Waals surface area contributed by atoms with E-state index in [0.717, 1.165) is 22.5 Å². The van der Waals surface area contributed by atoms with Gasteiger partial charge in [0.15, 0.2) is 0 Å². The van der Waals surface area contributed by atoms with Crippen molar-refractivity contribution in [3.05, 3.63) is 60.9 Å². The van der Waals surface area contributed by atoms with Gasteiger partial charge in [0.1, 0.15) is 5.82 Å². The van der Waals surface area contributed by atoms with Crippen LogP contribution in [0.4, 0.5) is 4.39 Å². The predicted octanol–water partition coefficient (Wildman–Crippen LogP) is 3.28. The molecule has 3 aromatic rings. The molecule has 1 aromatic carbocycles. The normalized spacial score (nSPS) is 10.5. The van der Waals surface area contributed by atoms with Crippen LogP contribution >= 0.6 is 0 Å². The van der Waals surface area contributed by atoms with E-state index in [0.29, 0.717) is 0 Å². The number of aromatic amines is 1. The van der Waals surface area contributed by atoms with Gasteiger partial charge in [-0.25, -0.2) is 9.37 Å². The SMILES string of the molecule is Fc1ccc(-c2nc[nH]c2-c2cccnc2)cc1. The summed E-state index contributed by atoms with van der Waals surface area (Å²) in [7, 11) is 0. The molecule has 0 aliphatic carbocycles. The van der Waals surface area contributed by atoms with Crippen molar-refractivity contribution in [1.82, 2.24) is 15.0 Å². The smallest absolute Gasteiger partial charge is 0.123 e. The molecule has 0 aliphatic rings. The molecule has 4 heteroatoms. The molecule has 0 fully saturated rings. The first-order chi connectivity index (χ1) is 8.84. The molecule has 0 saturated heterocycles. The van der Waals surface area contributed by atoms with Crippen LogP contribution in [0.1, 0.15) is 0 Å². The minimum atomic E-state index is -0.253. The molecular formula is C14H10FN3. The summed E-state index contributed by atoms with van der Waals surface area (Å²) in [6.07, 6.45) is 5.11. The average molecular weight is 239 g/mol. The number of hydrogen-bond donors (Lipinski definition) is 1. The Morgan fingerprint density at radius 3 is 2.56 bits per heavy atom.